The van der Waals surface area contributed by atoms with E-state index in [-0.39, 0.29) is 16.2 Å². The van der Waals surface area contributed by atoms with E-state index in [1.165, 1.54) is 133 Å². The van der Waals surface area contributed by atoms with Crippen molar-refractivity contribution in [2.75, 3.05) is 0 Å². The number of nitrogens with zero attached hydrogens (tertiary/aromatic N) is 9. The molecule has 0 saturated heterocycles. The van der Waals surface area contributed by atoms with Gasteiger partial charge in [0, 0.05) is 96.8 Å². The van der Waals surface area contributed by atoms with Crippen LogP contribution in [0.15, 0.2) is 516 Å². The van der Waals surface area contributed by atoms with Gasteiger partial charge in [0.05, 0.1) is 51.0 Å². The van der Waals surface area contributed by atoms with Crippen molar-refractivity contribution in [2.45, 2.75) is 43.9 Å². The molecular weight excluding hydrogens is 1810 g/mol. The van der Waals surface area contributed by atoms with E-state index < -0.39 is 0 Å². The monoisotopic (exact) mass is 1900 g/mol. The minimum absolute atomic E-state index is 0.0266. The first-order chi connectivity index (χ1) is 73.4. The van der Waals surface area contributed by atoms with Crippen molar-refractivity contribution in [1.82, 2.24) is 44.9 Å². The van der Waals surface area contributed by atoms with Crippen molar-refractivity contribution in [3.05, 3.63) is 561 Å². The van der Waals surface area contributed by atoms with E-state index in [0.29, 0.717) is 17.5 Å². The smallest absolute Gasteiger partial charge is 0.161 e. The van der Waals surface area contributed by atoms with Crippen molar-refractivity contribution in [1.29, 1.82) is 0 Å². The van der Waals surface area contributed by atoms with Crippen LogP contribution in [-0.4, -0.2) is 44.9 Å². The molecule has 0 saturated carbocycles. The van der Waals surface area contributed by atoms with Gasteiger partial charge >= 0.3 is 0 Å². The molecule has 0 atom stereocenters. The lowest BCUT2D eigenvalue weighted by Crippen LogP contribution is -2.25. The van der Waals surface area contributed by atoms with Gasteiger partial charge in [-0.05, 0) is 205 Å². The number of hydrogen-bond acceptors (Lipinski definition) is 9. The molecule has 6 aromatic heterocycles. The Kier molecular flexibility index (Phi) is 22.7. The van der Waals surface area contributed by atoms with Crippen molar-refractivity contribution < 1.29 is 0 Å². The van der Waals surface area contributed by atoms with Gasteiger partial charge in [0.25, 0.3) is 0 Å². The molecule has 9 nitrogen and oxygen atoms in total. The fourth-order valence-corrected chi connectivity index (χ4v) is 23.1. The maximum Gasteiger partial charge on any atom is 0.161 e. The minimum Gasteiger partial charge on any atom is -0.265 e. The molecule has 1 spiro atoms. The highest BCUT2D eigenvalue weighted by Crippen LogP contribution is 2.65. The number of pyridine rings is 3. The lowest BCUT2D eigenvalue weighted by molar-refractivity contribution is 0.660. The minimum atomic E-state index is -0.365. The highest BCUT2D eigenvalue weighted by atomic mass is 14.9. The van der Waals surface area contributed by atoms with Gasteiger partial charge in [-0.25, -0.2) is 29.9 Å². The van der Waals surface area contributed by atoms with Gasteiger partial charge in [-0.1, -0.05) is 458 Å². The van der Waals surface area contributed by atoms with Crippen LogP contribution in [0.1, 0.15) is 72.2 Å². The predicted octanol–water partition coefficient (Wildman–Crippen LogP) is 34.7. The van der Waals surface area contributed by atoms with E-state index in [9.17, 15) is 0 Å². The molecule has 4 aliphatic carbocycles. The van der Waals surface area contributed by atoms with Crippen LogP contribution in [0, 0.1) is 0 Å². The summed E-state index contributed by atoms with van der Waals surface area (Å²) in [6.45, 7) is 9.36. The molecule has 0 unspecified atom stereocenters. The van der Waals surface area contributed by atoms with Crippen LogP contribution in [0.3, 0.4) is 0 Å². The highest BCUT2D eigenvalue weighted by Gasteiger charge is 2.52. The Morgan fingerprint density at radius 1 is 0.168 bits per heavy atom. The van der Waals surface area contributed by atoms with Gasteiger partial charge in [0.1, 0.15) is 0 Å². The third-order valence-corrected chi connectivity index (χ3v) is 30.4. The summed E-state index contributed by atoms with van der Waals surface area (Å²) in [5, 5.41) is 2.64. The predicted molar refractivity (Wildman–Crippen MR) is 610 cm³/mol. The number of fused-ring (bicyclic) bond motifs is 18. The molecule has 702 valence electrons. The van der Waals surface area contributed by atoms with Gasteiger partial charge < -0.3 is 0 Å². The third-order valence-electron chi connectivity index (χ3n) is 30.4. The Morgan fingerprint density at radius 2 is 0.503 bits per heavy atom. The van der Waals surface area contributed by atoms with E-state index in [1.54, 1.807) is 0 Å². The largest absolute Gasteiger partial charge is 0.265 e. The first-order valence-electron chi connectivity index (χ1n) is 50.9. The van der Waals surface area contributed by atoms with Crippen LogP contribution in [0.25, 0.3) is 224 Å². The quantitative estimate of drug-likeness (QED) is 0.0989. The molecule has 4 aliphatic rings. The van der Waals surface area contributed by atoms with Crippen molar-refractivity contribution in [2.24, 2.45) is 0 Å². The fraction of sp³-hybridized carbons (Fsp3) is 0.0500. The summed E-state index contributed by atoms with van der Waals surface area (Å²) in [7, 11) is 0. The summed E-state index contributed by atoms with van der Waals surface area (Å²) < 4.78 is 0. The summed E-state index contributed by atoms with van der Waals surface area (Å²) in [4.78, 5) is 43.8. The normalized spacial score (nSPS) is 12.9. The van der Waals surface area contributed by atoms with Crippen LogP contribution in [0.4, 0.5) is 0 Å². The number of aromatic nitrogens is 9. The lowest BCUT2D eigenvalue weighted by atomic mass is 9.70. The molecule has 6 heterocycles. The summed E-state index contributed by atoms with van der Waals surface area (Å²) in [6, 6.07) is 174. The second-order valence-electron chi connectivity index (χ2n) is 39.7. The number of hydrogen-bond donors (Lipinski definition) is 0. The molecule has 9 heteroatoms. The van der Waals surface area contributed by atoms with E-state index in [0.717, 1.165) is 118 Å². The van der Waals surface area contributed by atoms with Gasteiger partial charge in [-0.2, -0.15) is 0 Å². The zero-order valence-corrected chi connectivity index (χ0v) is 82.6. The zero-order chi connectivity index (χ0) is 99.7. The molecule has 0 radical (unpaired) electrons. The summed E-state index contributed by atoms with van der Waals surface area (Å²) in [5.74, 6) is 2.05. The standard InChI is InChI=1S/C52H33N3.C46H33N3.C42H31N3/c1-2-13-35(14-3-1)48-33-49(55-51(54-48)38-30-28-36(29-31-38)47-23-10-11-32-53-47)37-26-24-34(25-27-37)39-18-12-22-46-50(39)42-17-6-9-21-45(42)52(46)43-19-7-4-15-40(43)41-16-5-8-20-44(41)52;1-46(2)41-23-21-37(28-40(41)39-22-20-33-8-6-7-11-38(33)44(39)46)31-12-16-35(17-13-31)43-29-42(34-9-4-3-5-10-34)48-45(49-43)36-18-14-30(15-19-36)32-24-26-47-27-25-32;1-42(2)35-18-10-9-16-34(35)40-33(17-11-19-36(40)42)28-20-22-31(23-21-28)39-26-38(30-14-7-4-8-15-30)44-41(45-39)32-24-25-37(43-27-32)29-12-5-3-6-13-29/h1-33H;3-29H,1-2H3;3-27H,1-2H3. The second kappa shape index (κ2) is 37.6. The van der Waals surface area contributed by atoms with Crippen LogP contribution >= 0.6 is 0 Å². The molecule has 0 bridgehead atoms. The fourth-order valence-electron chi connectivity index (χ4n) is 23.1. The Labute approximate surface area is 867 Å². The van der Waals surface area contributed by atoms with Crippen LogP contribution in [-0.2, 0) is 16.2 Å². The highest BCUT2D eigenvalue weighted by molar-refractivity contribution is 6.02. The van der Waals surface area contributed by atoms with Crippen molar-refractivity contribution in [3.8, 4) is 213 Å². The van der Waals surface area contributed by atoms with E-state index >= 15 is 0 Å². The third kappa shape index (κ3) is 16.2. The molecule has 0 N–H and O–H groups in total. The second-order valence-corrected chi connectivity index (χ2v) is 39.7. The molecule has 18 aromatic carbocycles. The Morgan fingerprint density at radius 3 is 0.987 bits per heavy atom. The topological polar surface area (TPSA) is 116 Å². The Hall–Kier alpha value is -19.1. The number of rotatable bonds is 15. The average molecular weight is 1910 g/mol. The molecular formula is C140H97N9. The van der Waals surface area contributed by atoms with Gasteiger partial charge in [0.15, 0.2) is 17.5 Å². The Balaban J connectivity index is 0.000000114. The summed E-state index contributed by atoms with van der Waals surface area (Å²) in [5.41, 5.74) is 49.1. The van der Waals surface area contributed by atoms with Gasteiger partial charge in [-0.3, -0.25) is 15.0 Å². The van der Waals surface area contributed by atoms with E-state index in [2.05, 4.69) is 432 Å². The molecule has 28 rings (SSSR count). The molecule has 0 fully saturated rings. The Bertz CT molecular complexity index is 9180. The zero-order valence-electron chi connectivity index (χ0n) is 82.6. The molecule has 0 aliphatic heterocycles. The first kappa shape index (κ1) is 90.0. The van der Waals surface area contributed by atoms with Crippen LogP contribution < -0.4 is 0 Å². The summed E-state index contributed by atoms with van der Waals surface area (Å²) in [6.07, 6.45) is 7.33. The van der Waals surface area contributed by atoms with E-state index in [1.807, 2.05) is 122 Å². The van der Waals surface area contributed by atoms with Crippen molar-refractivity contribution in [3.63, 3.8) is 0 Å². The number of benzene rings is 18. The van der Waals surface area contributed by atoms with E-state index in [4.69, 9.17) is 34.9 Å². The average Bonchev–Trinajstić information content (AvgIpc) is 1.50. The maximum atomic E-state index is 5.16. The maximum absolute atomic E-state index is 5.16. The SMILES string of the molecule is CC1(C)c2ccc(-c3ccc(-c4cc(-c5ccccc5)nc(-c5ccc(-c6ccncc6)cc5)n4)cc3)cc2-c2ccc3ccccc3c21.CC1(C)c2ccccc2-c2c(-c3ccc(-c4cc(-c5ccccc5)nc(-c5ccc(-c6ccccc6)nc5)n4)cc3)cccc21.c1ccc(-c2cc(-c3ccc(-c4cccc5c4-c4ccccc4C54c5ccccc5-c5ccccc54)cc3)nc(-c3ccc(-c4ccccn4)cc3)n2)cc1. The molecule has 149 heavy (non-hydrogen) atoms. The van der Waals surface area contributed by atoms with Crippen LogP contribution in [0.5, 0.6) is 0 Å². The molecule has 24 aromatic rings. The van der Waals surface area contributed by atoms with Crippen molar-refractivity contribution >= 4 is 10.8 Å². The summed E-state index contributed by atoms with van der Waals surface area (Å²) >= 11 is 0. The van der Waals surface area contributed by atoms with Gasteiger partial charge in [-0.15, -0.1) is 0 Å². The van der Waals surface area contributed by atoms with Crippen LogP contribution in [0.2, 0.25) is 0 Å². The molecule has 0 amide bonds. The first-order valence-corrected chi connectivity index (χ1v) is 50.9. The van der Waals surface area contributed by atoms with Gasteiger partial charge in [0.2, 0.25) is 0 Å². The lowest BCUT2D eigenvalue weighted by Gasteiger charge is -2.30.